The monoisotopic (exact) mass is 298 g/mol. The van der Waals surface area contributed by atoms with Gasteiger partial charge in [0, 0.05) is 31.7 Å². The Hall–Kier alpha value is -0.850. The molecule has 6 heteroatoms. The fourth-order valence-electron chi connectivity index (χ4n) is 3.58. The van der Waals surface area contributed by atoms with Gasteiger partial charge in [0.25, 0.3) is 0 Å². The molecular weight excluding hydrogens is 276 g/mol. The molecule has 0 bridgehead atoms. The summed E-state index contributed by atoms with van der Waals surface area (Å²) in [5.74, 6) is 0. The SMILES string of the molecule is CS(=O)(=O)N1CCCC2(CCN(Cc3ccoc3)C2)C1. The lowest BCUT2D eigenvalue weighted by Gasteiger charge is -2.39. The Bertz CT molecular complexity index is 555. The van der Waals surface area contributed by atoms with E-state index in [4.69, 9.17) is 4.42 Å². The van der Waals surface area contributed by atoms with Crippen LogP contribution < -0.4 is 0 Å². The molecule has 112 valence electrons. The Morgan fingerprint density at radius 3 is 2.85 bits per heavy atom. The third kappa shape index (κ3) is 2.92. The predicted octanol–water partition coefficient (Wildman–Crippen LogP) is 1.53. The van der Waals surface area contributed by atoms with Crippen molar-refractivity contribution in [3.05, 3.63) is 24.2 Å². The van der Waals surface area contributed by atoms with Crippen molar-refractivity contribution >= 4 is 10.0 Å². The molecule has 0 N–H and O–H groups in total. The maximum Gasteiger partial charge on any atom is 0.211 e. The minimum Gasteiger partial charge on any atom is -0.472 e. The molecular formula is C14H22N2O3S. The zero-order valence-corrected chi connectivity index (χ0v) is 12.7. The molecule has 1 spiro atoms. The first-order chi connectivity index (χ1) is 9.47. The first-order valence-corrected chi connectivity index (χ1v) is 9.00. The minimum absolute atomic E-state index is 0.158. The van der Waals surface area contributed by atoms with Crippen molar-refractivity contribution in [1.29, 1.82) is 0 Å². The summed E-state index contributed by atoms with van der Waals surface area (Å²) in [4.78, 5) is 2.41. The minimum atomic E-state index is -3.06. The Balaban J connectivity index is 1.65. The highest BCUT2D eigenvalue weighted by Crippen LogP contribution is 2.40. The van der Waals surface area contributed by atoms with E-state index in [9.17, 15) is 8.42 Å². The van der Waals surface area contributed by atoms with E-state index in [2.05, 4.69) is 4.90 Å². The van der Waals surface area contributed by atoms with E-state index in [1.54, 1.807) is 16.8 Å². The van der Waals surface area contributed by atoms with Crippen LogP contribution in [0.4, 0.5) is 0 Å². The first-order valence-electron chi connectivity index (χ1n) is 7.16. The summed E-state index contributed by atoms with van der Waals surface area (Å²) in [6.07, 6.45) is 8.02. The molecule has 1 atom stereocenters. The van der Waals surface area contributed by atoms with Crippen molar-refractivity contribution in [2.45, 2.75) is 25.8 Å². The molecule has 1 aromatic heterocycles. The molecule has 5 nitrogen and oxygen atoms in total. The van der Waals surface area contributed by atoms with E-state index in [-0.39, 0.29) is 5.41 Å². The van der Waals surface area contributed by atoms with Gasteiger partial charge in [0.15, 0.2) is 0 Å². The third-order valence-electron chi connectivity index (χ3n) is 4.60. The van der Waals surface area contributed by atoms with Gasteiger partial charge in [-0.25, -0.2) is 12.7 Å². The van der Waals surface area contributed by atoms with E-state index in [1.165, 1.54) is 11.8 Å². The molecule has 1 unspecified atom stereocenters. The van der Waals surface area contributed by atoms with E-state index in [0.29, 0.717) is 13.1 Å². The molecule has 0 amide bonds. The molecule has 0 aromatic carbocycles. The van der Waals surface area contributed by atoms with Crippen molar-refractivity contribution in [1.82, 2.24) is 9.21 Å². The average molecular weight is 298 g/mol. The number of piperidine rings is 1. The largest absolute Gasteiger partial charge is 0.472 e. The molecule has 0 saturated carbocycles. The maximum absolute atomic E-state index is 11.8. The second kappa shape index (κ2) is 5.16. The van der Waals surface area contributed by atoms with Crippen molar-refractivity contribution < 1.29 is 12.8 Å². The predicted molar refractivity (Wildman–Crippen MR) is 76.7 cm³/mol. The summed E-state index contributed by atoms with van der Waals surface area (Å²) >= 11 is 0. The quantitative estimate of drug-likeness (QED) is 0.849. The summed E-state index contributed by atoms with van der Waals surface area (Å²) in [6, 6.07) is 1.99. The Kier molecular flexibility index (Phi) is 3.64. The van der Waals surface area contributed by atoms with Crippen molar-refractivity contribution in [3.63, 3.8) is 0 Å². The smallest absolute Gasteiger partial charge is 0.211 e. The van der Waals surface area contributed by atoms with Crippen LogP contribution in [0.5, 0.6) is 0 Å². The third-order valence-corrected chi connectivity index (χ3v) is 5.85. The summed E-state index contributed by atoms with van der Waals surface area (Å²) < 4.78 is 30.3. The van der Waals surface area contributed by atoms with Gasteiger partial charge in [0.05, 0.1) is 18.8 Å². The van der Waals surface area contributed by atoms with Gasteiger partial charge in [-0.3, -0.25) is 4.90 Å². The van der Waals surface area contributed by atoms with Gasteiger partial charge in [0.2, 0.25) is 10.0 Å². The summed E-state index contributed by atoms with van der Waals surface area (Å²) in [7, 11) is -3.06. The van der Waals surface area contributed by atoms with Gasteiger partial charge in [-0.1, -0.05) is 0 Å². The second-order valence-corrected chi connectivity index (χ2v) is 8.27. The topological polar surface area (TPSA) is 53.8 Å². The molecule has 3 rings (SSSR count). The van der Waals surface area contributed by atoms with Crippen LogP contribution in [0.2, 0.25) is 0 Å². The van der Waals surface area contributed by atoms with Crippen LogP contribution >= 0.6 is 0 Å². The number of furan rings is 1. The summed E-state index contributed by atoms with van der Waals surface area (Å²) in [5, 5.41) is 0. The fourth-order valence-corrected chi connectivity index (χ4v) is 4.55. The molecule has 20 heavy (non-hydrogen) atoms. The van der Waals surface area contributed by atoms with Crippen LogP contribution in [-0.4, -0.2) is 50.1 Å². The number of rotatable bonds is 3. The lowest BCUT2D eigenvalue weighted by molar-refractivity contribution is 0.147. The molecule has 0 radical (unpaired) electrons. The van der Waals surface area contributed by atoms with Gasteiger partial charge in [-0.2, -0.15) is 0 Å². The van der Waals surface area contributed by atoms with E-state index >= 15 is 0 Å². The summed E-state index contributed by atoms with van der Waals surface area (Å²) in [5.41, 5.74) is 1.35. The van der Waals surface area contributed by atoms with Gasteiger partial charge in [0.1, 0.15) is 0 Å². The van der Waals surface area contributed by atoms with Gasteiger partial charge in [-0.05, 0) is 37.3 Å². The van der Waals surface area contributed by atoms with E-state index < -0.39 is 10.0 Å². The van der Waals surface area contributed by atoms with Crippen molar-refractivity contribution in [3.8, 4) is 0 Å². The van der Waals surface area contributed by atoms with Crippen molar-refractivity contribution in [2.24, 2.45) is 5.41 Å². The number of likely N-dealkylation sites (tertiary alicyclic amines) is 1. The molecule has 0 aliphatic carbocycles. The first kappa shape index (κ1) is 14.1. The molecule has 2 saturated heterocycles. The molecule has 2 aliphatic heterocycles. The second-order valence-electron chi connectivity index (χ2n) is 6.29. The van der Waals surface area contributed by atoms with Gasteiger partial charge >= 0.3 is 0 Å². The van der Waals surface area contributed by atoms with Crippen LogP contribution in [0, 0.1) is 5.41 Å². The van der Waals surface area contributed by atoms with E-state index in [1.807, 2.05) is 6.07 Å². The Morgan fingerprint density at radius 1 is 1.30 bits per heavy atom. The van der Waals surface area contributed by atoms with Gasteiger partial charge < -0.3 is 4.42 Å². The highest BCUT2D eigenvalue weighted by molar-refractivity contribution is 7.88. The average Bonchev–Trinajstić information content (AvgIpc) is 3.00. The standard InChI is InChI=1S/C14H22N2O3S/c1-20(17,18)16-6-2-4-14(12-16)5-7-15(11-14)9-13-3-8-19-10-13/h3,8,10H,2,4-7,9,11-12H2,1H3. The lowest BCUT2D eigenvalue weighted by Crippen LogP contribution is -2.46. The van der Waals surface area contributed by atoms with Gasteiger partial charge in [-0.15, -0.1) is 0 Å². The zero-order valence-electron chi connectivity index (χ0n) is 11.9. The Labute approximate surface area is 120 Å². The molecule has 2 aliphatic rings. The zero-order chi connectivity index (χ0) is 14.2. The number of nitrogens with zero attached hydrogens (tertiary/aromatic N) is 2. The fraction of sp³-hybridized carbons (Fsp3) is 0.714. The van der Waals surface area contributed by atoms with Crippen molar-refractivity contribution in [2.75, 3.05) is 32.4 Å². The maximum atomic E-state index is 11.8. The van der Waals surface area contributed by atoms with Crippen LogP contribution in [0.3, 0.4) is 0 Å². The molecule has 1 aromatic rings. The highest BCUT2D eigenvalue weighted by atomic mass is 32.2. The van der Waals surface area contributed by atoms with E-state index in [0.717, 1.165) is 38.9 Å². The normalized spacial score (nSPS) is 29.2. The number of sulfonamides is 1. The van der Waals surface area contributed by atoms with Crippen LogP contribution in [0.1, 0.15) is 24.8 Å². The molecule has 3 heterocycles. The number of hydrogen-bond acceptors (Lipinski definition) is 4. The van der Waals surface area contributed by atoms with Crippen LogP contribution in [0.25, 0.3) is 0 Å². The highest BCUT2D eigenvalue weighted by Gasteiger charge is 2.43. The van der Waals surface area contributed by atoms with Crippen LogP contribution in [-0.2, 0) is 16.6 Å². The Morgan fingerprint density at radius 2 is 2.15 bits per heavy atom. The lowest BCUT2D eigenvalue weighted by atomic mass is 9.80. The van der Waals surface area contributed by atoms with Crippen LogP contribution in [0.15, 0.2) is 23.0 Å². The molecule has 2 fully saturated rings. The number of hydrogen-bond donors (Lipinski definition) is 0. The summed E-state index contributed by atoms with van der Waals surface area (Å²) in [6.45, 7) is 4.31.